The summed E-state index contributed by atoms with van der Waals surface area (Å²) >= 11 is 0. The van der Waals surface area contributed by atoms with Gasteiger partial charge in [0, 0.05) is 12.5 Å². The summed E-state index contributed by atoms with van der Waals surface area (Å²) in [6, 6.07) is 20.7. The van der Waals surface area contributed by atoms with E-state index in [1.807, 2.05) is 43.3 Å². The van der Waals surface area contributed by atoms with E-state index in [-0.39, 0.29) is 5.78 Å². The van der Waals surface area contributed by atoms with E-state index in [2.05, 4.69) is 50.2 Å². The standard InChI is InChI=1S/C21H27NO.CH2O3/c1-5-20(23)21(16-17(2)22(3)4,18-12-8-6-9-13-18)19-14-10-7-11-15-19;2-1(3)4/h6-15,17H,5,16H2,1-4H3;(H2,2,3,4). The van der Waals surface area contributed by atoms with E-state index in [0.717, 1.165) is 17.5 Å². The number of benzene rings is 2. The van der Waals surface area contributed by atoms with E-state index in [1.54, 1.807) is 0 Å². The Morgan fingerprint density at radius 3 is 1.59 bits per heavy atom. The molecule has 0 bridgehead atoms. The van der Waals surface area contributed by atoms with Crippen molar-refractivity contribution in [2.45, 2.75) is 38.1 Å². The lowest BCUT2D eigenvalue weighted by Gasteiger charge is -2.37. The van der Waals surface area contributed by atoms with Crippen molar-refractivity contribution in [2.24, 2.45) is 0 Å². The van der Waals surface area contributed by atoms with Gasteiger partial charge in [0.15, 0.2) is 0 Å². The van der Waals surface area contributed by atoms with Crippen LogP contribution in [0.5, 0.6) is 0 Å². The molecule has 0 amide bonds. The quantitative estimate of drug-likeness (QED) is 0.748. The zero-order valence-electron chi connectivity index (χ0n) is 16.4. The lowest BCUT2D eigenvalue weighted by molar-refractivity contribution is -0.123. The summed E-state index contributed by atoms with van der Waals surface area (Å²) < 4.78 is 0. The van der Waals surface area contributed by atoms with Crippen molar-refractivity contribution in [3.05, 3.63) is 71.8 Å². The molecule has 0 aromatic heterocycles. The highest BCUT2D eigenvalue weighted by Crippen LogP contribution is 2.39. The van der Waals surface area contributed by atoms with Crippen molar-refractivity contribution in [1.82, 2.24) is 4.90 Å². The van der Waals surface area contributed by atoms with Crippen molar-refractivity contribution in [3.8, 4) is 0 Å². The molecule has 2 N–H and O–H groups in total. The van der Waals surface area contributed by atoms with Crippen molar-refractivity contribution in [3.63, 3.8) is 0 Å². The lowest BCUT2D eigenvalue weighted by Crippen LogP contribution is -2.42. The molecular formula is C22H29NO4. The molecule has 0 heterocycles. The molecule has 2 aromatic rings. The van der Waals surface area contributed by atoms with Gasteiger partial charge in [-0.2, -0.15) is 0 Å². The normalized spacial score (nSPS) is 12.0. The van der Waals surface area contributed by atoms with Crippen LogP contribution in [0.3, 0.4) is 0 Å². The van der Waals surface area contributed by atoms with Crippen LogP contribution in [-0.4, -0.2) is 47.2 Å². The van der Waals surface area contributed by atoms with Crippen molar-refractivity contribution in [2.75, 3.05) is 14.1 Å². The SMILES string of the molecule is CCC(=O)C(CC(C)N(C)C)(c1ccccc1)c1ccccc1.O=C(O)O. The zero-order chi connectivity index (χ0) is 20.4. The third kappa shape index (κ3) is 5.93. The van der Waals surface area contributed by atoms with Gasteiger partial charge in [0.1, 0.15) is 5.78 Å². The van der Waals surface area contributed by atoms with Gasteiger partial charge < -0.3 is 15.1 Å². The average Bonchev–Trinajstić information content (AvgIpc) is 2.66. The molecule has 0 radical (unpaired) electrons. The van der Waals surface area contributed by atoms with Gasteiger partial charge >= 0.3 is 6.16 Å². The van der Waals surface area contributed by atoms with Gasteiger partial charge in [0.25, 0.3) is 0 Å². The lowest BCUT2D eigenvalue weighted by atomic mass is 9.67. The van der Waals surface area contributed by atoms with Gasteiger partial charge in [-0.15, -0.1) is 0 Å². The number of hydrogen-bond donors (Lipinski definition) is 2. The summed E-state index contributed by atoms with van der Waals surface area (Å²) in [6.45, 7) is 4.15. The Bertz CT molecular complexity index is 670. The second-order valence-electron chi connectivity index (χ2n) is 6.71. The predicted molar refractivity (Wildman–Crippen MR) is 107 cm³/mol. The van der Waals surface area contributed by atoms with E-state index < -0.39 is 11.6 Å². The van der Waals surface area contributed by atoms with Gasteiger partial charge in [0.05, 0.1) is 5.41 Å². The molecule has 1 unspecified atom stereocenters. The molecule has 5 heteroatoms. The van der Waals surface area contributed by atoms with Crippen LogP contribution >= 0.6 is 0 Å². The van der Waals surface area contributed by atoms with Crippen LogP contribution in [0.15, 0.2) is 60.7 Å². The molecule has 2 aromatic carbocycles. The first-order valence-electron chi connectivity index (χ1n) is 8.98. The number of nitrogens with zero attached hydrogens (tertiary/aromatic N) is 1. The van der Waals surface area contributed by atoms with E-state index in [4.69, 9.17) is 15.0 Å². The molecule has 0 fully saturated rings. The number of ketones is 1. The first kappa shape index (κ1) is 22.4. The number of carboxylic acid groups (broad SMARTS) is 2. The van der Waals surface area contributed by atoms with Gasteiger partial charge in [-0.1, -0.05) is 67.6 Å². The minimum absolute atomic E-state index is 0.281. The highest BCUT2D eigenvalue weighted by Gasteiger charge is 2.41. The largest absolute Gasteiger partial charge is 0.503 e. The Kier molecular flexibility index (Phi) is 8.69. The Balaban J connectivity index is 0.000000828. The first-order chi connectivity index (χ1) is 12.8. The van der Waals surface area contributed by atoms with Gasteiger partial charge in [0.2, 0.25) is 0 Å². The Morgan fingerprint density at radius 2 is 1.30 bits per heavy atom. The third-order valence-corrected chi connectivity index (χ3v) is 4.81. The van der Waals surface area contributed by atoms with Crippen LogP contribution in [-0.2, 0) is 10.2 Å². The maximum absolute atomic E-state index is 13.2. The highest BCUT2D eigenvalue weighted by atomic mass is 16.6. The van der Waals surface area contributed by atoms with Gasteiger partial charge in [-0.05, 0) is 38.6 Å². The number of Topliss-reactive ketones (excluding diaryl/α,β-unsaturated/α-hetero) is 1. The van der Waals surface area contributed by atoms with Crippen LogP contribution < -0.4 is 0 Å². The summed E-state index contributed by atoms with van der Waals surface area (Å²) in [5, 5.41) is 13.9. The van der Waals surface area contributed by atoms with Gasteiger partial charge in [-0.25, -0.2) is 4.79 Å². The Morgan fingerprint density at radius 1 is 0.926 bits per heavy atom. The summed E-state index contributed by atoms with van der Waals surface area (Å²) in [4.78, 5) is 23.9. The highest BCUT2D eigenvalue weighted by molar-refractivity contribution is 5.93. The second-order valence-corrected chi connectivity index (χ2v) is 6.71. The van der Waals surface area contributed by atoms with Crippen LogP contribution in [0, 0.1) is 0 Å². The number of rotatable bonds is 7. The molecule has 146 valence electrons. The Hall–Kier alpha value is -2.66. The molecule has 0 aliphatic carbocycles. The molecule has 2 rings (SSSR count). The predicted octanol–water partition coefficient (Wildman–Crippen LogP) is 4.51. The maximum atomic E-state index is 13.2. The molecule has 0 aliphatic heterocycles. The minimum atomic E-state index is -1.83. The summed E-state index contributed by atoms with van der Waals surface area (Å²) in [5.74, 6) is 0.281. The average molecular weight is 371 g/mol. The zero-order valence-corrected chi connectivity index (χ0v) is 16.4. The smallest absolute Gasteiger partial charge is 0.450 e. The van der Waals surface area contributed by atoms with E-state index in [1.165, 1.54) is 0 Å². The fourth-order valence-electron chi connectivity index (χ4n) is 3.21. The van der Waals surface area contributed by atoms with E-state index in [0.29, 0.717) is 12.5 Å². The van der Waals surface area contributed by atoms with Crippen molar-refractivity contribution >= 4 is 11.9 Å². The fraction of sp³-hybridized carbons (Fsp3) is 0.364. The molecular weight excluding hydrogens is 342 g/mol. The Labute approximate surface area is 161 Å². The molecule has 27 heavy (non-hydrogen) atoms. The second kappa shape index (κ2) is 10.5. The van der Waals surface area contributed by atoms with Crippen LogP contribution in [0.1, 0.15) is 37.8 Å². The molecule has 1 atom stereocenters. The van der Waals surface area contributed by atoms with Crippen LogP contribution in [0.25, 0.3) is 0 Å². The monoisotopic (exact) mass is 371 g/mol. The number of hydrogen-bond acceptors (Lipinski definition) is 3. The van der Waals surface area contributed by atoms with Crippen LogP contribution in [0.2, 0.25) is 0 Å². The first-order valence-corrected chi connectivity index (χ1v) is 8.98. The third-order valence-electron chi connectivity index (χ3n) is 4.81. The molecule has 0 spiro atoms. The number of carbonyl (C=O) groups excluding carboxylic acids is 1. The van der Waals surface area contributed by atoms with Crippen LogP contribution in [0.4, 0.5) is 4.79 Å². The summed E-state index contributed by atoms with van der Waals surface area (Å²) in [7, 11) is 4.14. The maximum Gasteiger partial charge on any atom is 0.503 e. The van der Waals surface area contributed by atoms with Crippen molar-refractivity contribution < 1.29 is 19.8 Å². The molecule has 0 saturated heterocycles. The molecule has 0 saturated carbocycles. The number of carbonyl (C=O) groups is 2. The molecule has 0 aliphatic rings. The van der Waals surface area contributed by atoms with Crippen molar-refractivity contribution in [1.29, 1.82) is 0 Å². The van der Waals surface area contributed by atoms with Gasteiger partial charge in [-0.3, -0.25) is 4.79 Å². The minimum Gasteiger partial charge on any atom is -0.450 e. The van der Waals surface area contributed by atoms with E-state index in [9.17, 15) is 4.79 Å². The van der Waals surface area contributed by atoms with E-state index >= 15 is 0 Å². The summed E-state index contributed by atoms with van der Waals surface area (Å²) in [5.41, 5.74) is 1.60. The topological polar surface area (TPSA) is 77.8 Å². The fourth-order valence-corrected chi connectivity index (χ4v) is 3.21. The summed E-state index contributed by atoms with van der Waals surface area (Å²) in [6.07, 6.45) is -0.523. The molecule has 5 nitrogen and oxygen atoms in total.